The van der Waals surface area contributed by atoms with E-state index in [0.29, 0.717) is 12.0 Å². The zero-order valence-corrected chi connectivity index (χ0v) is 11.8. The number of hydrogen-bond donors (Lipinski definition) is 1. The molecule has 0 saturated carbocycles. The van der Waals surface area contributed by atoms with E-state index in [-0.39, 0.29) is 0 Å². The summed E-state index contributed by atoms with van der Waals surface area (Å²) >= 11 is 0. The molecule has 2 bridgehead atoms. The summed E-state index contributed by atoms with van der Waals surface area (Å²) in [6.07, 6.45) is 11.0. The molecule has 3 fully saturated rings. The molecule has 4 heterocycles. The van der Waals surface area contributed by atoms with Crippen LogP contribution < -0.4 is 5.32 Å². The summed E-state index contributed by atoms with van der Waals surface area (Å²) in [6.45, 7) is 2.26. The van der Waals surface area contributed by atoms with Gasteiger partial charge >= 0.3 is 0 Å². The Morgan fingerprint density at radius 1 is 1.16 bits per heavy atom. The van der Waals surface area contributed by atoms with E-state index in [4.69, 9.17) is 0 Å². The quantitative estimate of drug-likeness (QED) is 0.879. The first kappa shape index (κ1) is 11.9. The lowest BCUT2D eigenvalue weighted by Gasteiger charge is -2.48. The Morgan fingerprint density at radius 2 is 1.89 bits per heavy atom. The Hall–Kier alpha value is -0.870. The van der Waals surface area contributed by atoms with Crippen molar-refractivity contribution in [3.8, 4) is 0 Å². The van der Waals surface area contributed by atoms with Crippen LogP contribution in [0.1, 0.15) is 49.8 Å². The highest BCUT2D eigenvalue weighted by Crippen LogP contribution is 2.39. The van der Waals surface area contributed by atoms with Gasteiger partial charge in [0.2, 0.25) is 0 Å². The maximum Gasteiger partial charge on any atom is 0.0950 e. The fourth-order valence-corrected chi connectivity index (χ4v) is 4.25. The van der Waals surface area contributed by atoms with Gasteiger partial charge in [-0.1, -0.05) is 6.42 Å². The van der Waals surface area contributed by atoms with Crippen LogP contribution in [0.4, 0.5) is 0 Å². The summed E-state index contributed by atoms with van der Waals surface area (Å²) in [4.78, 5) is 7.08. The van der Waals surface area contributed by atoms with Crippen LogP contribution in [-0.2, 0) is 0 Å². The fourth-order valence-electron chi connectivity index (χ4n) is 4.25. The van der Waals surface area contributed by atoms with Crippen LogP contribution in [0.3, 0.4) is 0 Å². The lowest BCUT2D eigenvalue weighted by molar-refractivity contribution is 0.0389. The molecule has 19 heavy (non-hydrogen) atoms. The van der Waals surface area contributed by atoms with Crippen molar-refractivity contribution in [2.24, 2.45) is 0 Å². The van der Waals surface area contributed by atoms with Gasteiger partial charge in [-0.25, -0.2) is 4.98 Å². The number of nitrogens with zero attached hydrogens (tertiary/aromatic N) is 3. The van der Waals surface area contributed by atoms with Crippen LogP contribution in [0.25, 0.3) is 0 Å². The third kappa shape index (κ3) is 1.93. The minimum Gasteiger partial charge on any atom is -0.331 e. The summed E-state index contributed by atoms with van der Waals surface area (Å²) in [5.41, 5.74) is 1.46. The van der Waals surface area contributed by atoms with Crippen molar-refractivity contribution in [2.45, 2.75) is 56.1 Å². The van der Waals surface area contributed by atoms with E-state index in [1.807, 2.05) is 0 Å². The van der Waals surface area contributed by atoms with Crippen molar-refractivity contribution in [1.82, 2.24) is 19.8 Å². The molecule has 0 aromatic carbocycles. The molecule has 4 rings (SSSR count). The number of hydrogen-bond acceptors (Lipinski definition) is 3. The molecule has 3 aliphatic heterocycles. The number of nitrogens with one attached hydrogen (secondary N) is 1. The van der Waals surface area contributed by atoms with Crippen molar-refractivity contribution < 1.29 is 0 Å². The highest BCUT2D eigenvalue weighted by Gasteiger charge is 2.37. The molecule has 2 unspecified atom stereocenters. The molecule has 0 spiro atoms. The van der Waals surface area contributed by atoms with Gasteiger partial charge in [0.25, 0.3) is 0 Å². The zero-order valence-electron chi connectivity index (χ0n) is 11.8. The number of rotatable bonds is 2. The lowest BCUT2D eigenvalue weighted by Crippen LogP contribution is -2.50. The van der Waals surface area contributed by atoms with E-state index >= 15 is 0 Å². The lowest BCUT2D eigenvalue weighted by atomic mass is 9.82. The van der Waals surface area contributed by atoms with Crippen LogP contribution in [-0.4, -0.2) is 46.7 Å². The van der Waals surface area contributed by atoms with Crippen molar-refractivity contribution in [3.63, 3.8) is 0 Å². The Morgan fingerprint density at radius 3 is 2.53 bits per heavy atom. The molecule has 3 saturated heterocycles. The molecule has 0 radical (unpaired) electrons. The average molecular weight is 260 g/mol. The third-order valence-electron chi connectivity index (χ3n) is 5.60. The Bertz CT molecular complexity index is 437. The third-order valence-corrected chi connectivity index (χ3v) is 5.60. The summed E-state index contributed by atoms with van der Waals surface area (Å²) in [7, 11) is 2.33. The van der Waals surface area contributed by atoms with Gasteiger partial charge in [0.15, 0.2) is 0 Å². The van der Waals surface area contributed by atoms with E-state index < -0.39 is 0 Å². The second-order valence-electron chi connectivity index (χ2n) is 6.61. The van der Waals surface area contributed by atoms with E-state index in [0.717, 1.165) is 25.2 Å². The maximum absolute atomic E-state index is 4.43. The predicted molar refractivity (Wildman–Crippen MR) is 75.3 cm³/mol. The summed E-state index contributed by atoms with van der Waals surface area (Å²) in [5.74, 6) is 0.696. The van der Waals surface area contributed by atoms with Crippen molar-refractivity contribution in [1.29, 1.82) is 0 Å². The molecule has 4 heteroatoms. The smallest absolute Gasteiger partial charge is 0.0950 e. The molecular weight excluding hydrogens is 236 g/mol. The molecule has 0 amide bonds. The SMILES string of the molecule is CN1C2CCCC1CC(n1cncc1C1CNC1)C2. The monoisotopic (exact) mass is 260 g/mol. The standard InChI is InChI=1S/C15H24N4/c1-18-12-3-2-4-13(18)6-14(5-12)19-10-17-9-15(19)11-7-16-8-11/h9-14,16H,2-8H2,1H3. The number of imidazole rings is 1. The molecule has 4 nitrogen and oxygen atoms in total. The van der Waals surface area contributed by atoms with Gasteiger partial charge in [0, 0.05) is 49.0 Å². The fraction of sp³-hybridized carbons (Fsp3) is 0.800. The second kappa shape index (κ2) is 4.60. The first-order valence-corrected chi connectivity index (χ1v) is 7.77. The summed E-state index contributed by atoms with van der Waals surface area (Å²) in [5, 5.41) is 3.38. The van der Waals surface area contributed by atoms with Gasteiger partial charge in [-0.2, -0.15) is 0 Å². The summed E-state index contributed by atoms with van der Waals surface area (Å²) in [6, 6.07) is 2.28. The average Bonchev–Trinajstić information content (AvgIpc) is 2.75. The highest BCUT2D eigenvalue weighted by molar-refractivity contribution is 5.13. The minimum atomic E-state index is 0.685. The van der Waals surface area contributed by atoms with E-state index in [2.05, 4.69) is 39.3 Å². The number of fused-ring (bicyclic) bond motifs is 2. The molecule has 1 N–H and O–H groups in total. The van der Waals surface area contributed by atoms with Gasteiger partial charge in [0.1, 0.15) is 0 Å². The van der Waals surface area contributed by atoms with Crippen LogP contribution in [0.5, 0.6) is 0 Å². The summed E-state index contributed by atoms with van der Waals surface area (Å²) < 4.78 is 2.50. The topological polar surface area (TPSA) is 33.1 Å². The molecule has 104 valence electrons. The molecular formula is C15H24N4. The number of aromatic nitrogens is 2. The van der Waals surface area contributed by atoms with Crippen molar-refractivity contribution in [2.75, 3.05) is 20.1 Å². The largest absolute Gasteiger partial charge is 0.331 e. The first-order chi connectivity index (χ1) is 9.33. The van der Waals surface area contributed by atoms with Crippen LogP contribution in [0, 0.1) is 0 Å². The van der Waals surface area contributed by atoms with Crippen LogP contribution >= 0.6 is 0 Å². The molecule has 0 aliphatic carbocycles. The minimum absolute atomic E-state index is 0.685. The molecule has 2 atom stereocenters. The Balaban J connectivity index is 1.58. The van der Waals surface area contributed by atoms with Crippen LogP contribution in [0.2, 0.25) is 0 Å². The molecule has 1 aromatic heterocycles. The number of piperidine rings is 2. The maximum atomic E-state index is 4.43. The molecule has 3 aliphatic rings. The van der Waals surface area contributed by atoms with Crippen molar-refractivity contribution in [3.05, 3.63) is 18.2 Å². The van der Waals surface area contributed by atoms with Gasteiger partial charge in [-0.15, -0.1) is 0 Å². The second-order valence-corrected chi connectivity index (χ2v) is 6.61. The Labute approximate surface area is 115 Å². The molecule has 1 aromatic rings. The van der Waals surface area contributed by atoms with Crippen molar-refractivity contribution >= 4 is 0 Å². The predicted octanol–water partition coefficient (Wildman–Crippen LogP) is 1.76. The van der Waals surface area contributed by atoms with E-state index in [1.54, 1.807) is 0 Å². The first-order valence-electron chi connectivity index (χ1n) is 7.77. The van der Waals surface area contributed by atoms with Gasteiger partial charge in [-0.05, 0) is 32.7 Å². The Kier molecular flexibility index (Phi) is 2.88. The van der Waals surface area contributed by atoms with Gasteiger partial charge in [0.05, 0.1) is 6.33 Å². The highest BCUT2D eigenvalue weighted by atomic mass is 15.2. The van der Waals surface area contributed by atoms with Gasteiger partial charge < -0.3 is 14.8 Å². The van der Waals surface area contributed by atoms with Crippen LogP contribution in [0.15, 0.2) is 12.5 Å². The van der Waals surface area contributed by atoms with E-state index in [1.165, 1.54) is 37.8 Å². The zero-order chi connectivity index (χ0) is 12.8. The van der Waals surface area contributed by atoms with Gasteiger partial charge in [-0.3, -0.25) is 0 Å². The van der Waals surface area contributed by atoms with E-state index in [9.17, 15) is 0 Å². The normalized spacial score (nSPS) is 36.2.